The van der Waals surface area contributed by atoms with Crippen LogP contribution in [0.3, 0.4) is 0 Å². The molecule has 2 N–H and O–H groups in total. The molecule has 0 bridgehead atoms. The molecule has 0 atom stereocenters. The highest BCUT2D eigenvalue weighted by atomic mass is 14.6. The summed E-state index contributed by atoms with van der Waals surface area (Å²) in [6, 6.07) is 12.9. The van der Waals surface area contributed by atoms with Gasteiger partial charge >= 0.3 is 0 Å². The Morgan fingerprint density at radius 3 is 2.44 bits per heavy atom. The smallest absolute Gasteiger partial charge is 0.00278 e. The Morgan fingerprint density at radius 2 is 1.75 bits per heavy atom. The van der Waals surface area contributed by atoms with E-state index in [1.807, 2.05) is 0 Å². The van der Waals surface area contributed by atoms with Crippen LogP contribution in [0.2, 0.25) is 0 Å². The highest BCUT2D eigenvalue weighted by molar-refractivity contribution is 5.87. The Kier molecular flexibility index (Phi) is 2.73. The molecule has 1 heteroatoms. The molecule has 16 heavy (non-hydrogen) atoms. The minimum Gasteiger partial charge on any atom is -0.330 e. The fourth-order valence-electron chi connectivity index (χ4n) is 2.38. The van der Waals surface area contributed by atoms with Crippen LogP contribution < -0.4 is 5.73 Å². The Balaban J connectivity index is 2.81. The van der Waals surface area contributed by atoms with Gasteiger partial charge in [0.15, 0.2) is 0 Å². The summed E-state index contributed by atoms with van der Waals surface area (Å²) in [5.74, 6) is 0. The maximum atomic E-state index is 5.90. The van der Waals surface area contributed by atoms with Crippen molar-refractivity contribution in [2.24, 2.45) is 5.73 Å². The van der Waals surface area contributed by atoms with Gasteiger partial charge in [-0.05, 0) is 28.8 Å². The van der Waals surface area contributed by atoms with E-state index in [-0.39, 0.29) is 5.41 Å². The molecule has 2 aromatic carbocycles. The second kappa shape index (κ2) is 3.91. The number of hydrogen-bond acceptors (Lipinski definition) is 1. The topological polar surface area (TPSA) is 26.0 Å². The molecule has 0 spiro atoms. The van der Waals surface area contributed by atoms with Crippen molar-refractivity contribution in [1.29, 1.82) is 0 Å². The lowest BCUT2D eigenvalue weighted by Crippen LogP contribution is -2.29. The molecule has 0 amide bonds. The largest absolute Gasteiger partial charge is 0.330 e. The van der Waals surface area contributed by atoms with Gasteiger partial charge in [0.2, 0.25) is 0 Å². The fraction of sp³-hybridized carbons (Fsp3) is 0.333. The predicted molar refractivity (Wildman–Crippen MR) is 70.8 cm³/mol. The summed E-state index contributed by atoms with van der Waals surface area (Å²) < 4.78 is 0. The van der Waals surface area contributed by atoms with Crippen molar-refractivity contribution in [3.63, 3.8) is 0 Å². The minimum absolute atomic E-state index is 0.0327. The molecule has 0 aromatic heterocycles. The number of aryl methyl sites for hydroxylation is 1. The summed E-state index contributed by atoms with van der Waals surface area (Å²) in [5, 5.41) is 2.63. The van der Waals surface area contributed by atoms with Gasteiger partial charge in [0.25, 0.3) is 0 Å². The van der Waals surface area contributed by atoms with Crippen LogP contribution in [0, 0.1) is 6.92 Å². The first-order valence-electron chi connectivity index (χ1n) is 5.75. The summed E-state index contributed by atoms with van der Waals surface area (Å²) in [7, 11) is 0. The van der Waals surface area contributed by atoms with Crippen molar-refractivity contribution in [2.45, 2.75) is 26.2 Å². The molecule has 2 aromatic rings. The van der Waals surface area contributed by atoms with Gasteiger partial charge in [0.1, 0.15) is 0 Å². The second-order valence-corrected chi connectivity index (χ2v) is 5.07. The molecule has 0 heterocycles. The third-order valence-corrected chi connectivity index (χ3v) is 3.32. The quantitative estimate of drug-likeness (QED) is 0.813. The Labute approximate surface area is 97.3 Å². The van der Waals surface area contributed by atoms with E-state index in [4.69, 9.17) is 5.73 Å². The predicted octanol–water partition coefficient (Wildman–Crippen LogP) is 3.38. The lowest BCUT2D eigenvalue weighted by Gasteiger charge is -2.27. The number of hydrogen-bond donors (Lipinski definition) is 1. The molecule has 0 saturated carbocycles. The maximum absolute atomic E-state index is 5.90. The van der Waals surface area contributed by atoms with Crippen molar-refractivity contribution in [2.75, 3.05) is 6.54 Å². The van der Waals surface area contributed by atoms with E-state index in [1.54, 1.807) is 0 Å². The Morgan fingerprint density at radius 1 is 1.06 bits per heavy atom. The third kappa shape index (κ3) is 1.72. The van der Waals surface area contributed by atoms with Gasteiger partial charge in [-0.25, -0.2) is 0 Å². The van der Waals surface area contributed by atoms with Crippen LogP contribution >= 0.6 is 0 Å². The van der Waals surface area contributed by atoms with Crippen LogP contribution in [0.4, 0.5) is 0 Å². The number of nitrogens with two attached hydrogens (primary N) is 1. The fourth-order valence-corrected chi connectivity index (χ4v) is 2.38. The van der Waals surface area contributed by atoms with Gasteiger partial charge in [-0.1, -0.05) is 50.2 Å². The van der Waals surface area contributed by atoms with Crippen molar-refractivity contribution < 1.29 is 0 Å². The zero-order valence-electron chi connectivity index (χ0n) is 10.2. The molecule has 0 aliphatic carbocycles. The van der Waals surface area contributed by atoms with E-state index in [2.05, 4.69) is 57.2 Å². The number of rotatable bonds is 2. The molecule has 0 aliphatic heterocycles. The van der Waals surface area contributed by atoms with Gasteiger partial charge in [-0.15, -0.1) is 0 Å². The van der Waals surface area contributed by atoms with E-state index < -0.39 is 0 Å². The molecule has 2 rings (SSSR count). The molecular weight excluding hydrogens is 194 g/mol. The summed E-state index contributed by atoms with van der Waals surface area (Å²) in [6.45, 7) is 7.25. The first-order chi connectivity index (χ1) is 7.56. The maximum Gasteiger partial charge on any atom is 0.00278 e. The normalized spacial score (nSPS) is 12.0. The highest BCUT2D eigenvalue weighted by Gasteiger charge is 2.22. The van der Waals surface area contributed by atoms with E-state index >= 15 is 0 Å². The lowest BCUT2D eigenvalue weighted by atomic mass is 9.79. The van der Waals surface area contributed by atoms with Crippen LogP contribution in [0.25, 0.3) is 10.8 Å². The van der Waals surface area contributed by atoms with Crippen LogP contribution in [0.15, 0.2) is 36.4 Å². The van der Waals surface area contributed by atoms with Crippen LogP contribution in [-0.4, -0.2) is 6.54 Å². The van der Waals surface area contributed by atoms with Gasteiger partial charge in [0.05, 0.1) is 0 Å². The number of fused-ring (bicyclic) bond motifs is 1. The van der Waals surface area contributed by atoms with E-state index in [1.165, 1.54) is 21.9 Å². The summed E-state index contributed by atoms with van der Waals surface area (Å²) in [6.07, 6.45) is 0. The second-order valence-electron chi connectivity index (χ2n) is 5.07. The average Bonchev–Trinajstić information content (AvgIpc) is 2.28. The lowest BCUT2D eigenvalue weighted by molar-refractivity contribution is 0.540. The van der Waals surface area contributed by atoms with Gasteiger partial charge in [-0.3, -0.25) is 0 Å². The third-order valence-electron chi connectivity index (χ3n) is 3.32. The molecule has 0 saturated heterocycles. The van der Waals surface area contributed by atoms with Crippen molar-refractivity contribution in [3.8, 4) is 0 Å². The number of benzene rings is 2. The van der Waals surface area contributed by atoms with Crippen molar-refractivity contribution in [1.82, 2.24) is 0 Å². The van der Waals surface area contributed by atoms with Gasteiger partial charge < -0.3 is 5.73 Å². The Hall–Kier alpha value is -1.34. The van der Waals surface area contributed by atoms with E-state index in [0.29, 0.717) is 6.54 Å². The molecule has 0 aliphatic rings. The molecule has 1 nitrogen and oxygen atoms in total. The molecule has 0 radical (unpaired) electrons. The standard InChI is InChI=1S/C15H19N/c1-11-8-9-12-6-4-5-7-13(12)14(11)15(2,3)10-16/h4-9H,10,16H2,1-3H3. The highest BCUT2D eigenvalue weighted by Crippen LogP contribution is 2.32. The Bertz CT molecular complexity index is 512. The van der Waals surface area contributed by atoms with Gasteiger partial charge in [-0.2, -0.15) is 0 Å². The summed E-state index contributed by atoms with van der Waals surface area (Å²) in [5.41, 5.74) is 8.64. The molecule has 0 fully saturated rings. The van der Waals surface area contributed by atoms with Crippen molar-refractivity contribution in [3.05, 3.63) is 47.5 Å². The zero-order chi connectivity index (χ0) is 11.8. The summed E-state index contributed by atoms with van der Waals surface area (Å²) >= 11 is 0. The zero-order valence-corrected chi connectivity index (χ0v) is 10.2. The van der Waals surface area contributed by atoms with Crippen LogP contribution in [-0.2, 0) is 5.41 Å². The van der Waals surface area contributed by atoms with Gasteiger partial charge in [0, 0.05) is 12.0 Å². The summed E-state index contributed by atoms with van der Waals surface area (Å²) in [4.78, 5) is 0. The van der Waals surface area contributed by atoms with E-state index in [0.717, 1.165) is 0 Å². The molecular formula is C15H19N. The average molecular weight is 213 g/mol. The minimum atomic E-state index is 0.0327. The van der Waals surface area contributed by atoms with Crippen LogP contribution in [0.1, 0.15) is 25.0 Å². The van der Waals surface area contributed by atoms with Crippen LogP contribution in [0.5, 0.6) is 0 Å². The molecule has 84 valence electrons. The first-order valence-corrected chi connectivity index (χ1v) is 5.75. The SMILES string of the molecule is Cc1ccc2ccccc2c1C(C)(C)CN. The van der Waals surface area contributed by atoms with Crippen molar-refractivity contribution >= 4 is 10.8 Å². The monoisotopic (exact) mass is 213 g/mol. The van der Waals surface area contributed by atoms with E-state index in [9.17, 15) is 0 Å². The molecule has 0 unspecified atom stereocenters. The first kappa shape index (κ1) is 11.2.